The van der Waals surface area contributed by atoms with E-state index in [1.165, 1.54) is 0 Å². The summed E-state index contributed by atoms with van der Waals surface area (Å²) in [6, 6.07) is 0.101. The molecule has 0 aromatic carbocycles. The molecule has 2 aliphatic heterocycles. The lowest BCUT2D eigenvalue weighted by Gasteiger charge is -2.28. The molecule has 2 saturated heterocycles. The summed E-state index contributed by atoms with van der Waals surface area (Å²) < 4.78 is 0. The lowest BCUT2D eigenvalue weighted by molar-refractivity contribution is -0.143. The number of aliphatic carboxylic acids is 1. The minimum atomic E-state index is -0.956. The molecule has 2 fully saturated rings. The molecule has 0 radical (unpaired) electrons. The van der Waals surface area contributed by atoms with Crippen LogP contribution < -0.4 is 0 Å². The van der Waals surface area contributed by atoms with E-state index in [1.807, 2.05) is 0 Å². The molecule has 4 nitrogen and oxygen atoms in total. The van der Waals surface area contributed by atoms with Crippen molar-refractivity contribution >= 4 is 5.97 Å². The third-order valence-electron chi connectivity index (χ3n) is 3.27. The molecule has 74 valence electrons. The summed E-state index contributed by atoms with van der Waals surface area (Å²) >= 11 is 0. The first-order chi connectivity index (χ1) is 6.12. The number of rotatable bonds is 2. The Labute approximate surface area is 77.2 Å². The van der Waals surface area contributed by atoms with Crippen LogP contribution in [0.15, 0.2) is 0 Å². The molecular formula is C9H15NO3. The van der Waals surface area contributed by atoms with Gasteiger partial charge in [0.05, 0.1) is 12.0 Å². The molecule has 2 unspecified atom stereocenters. The Morgan fingerprint density at radius 1 is 1.54 bits per heavy atom. The second-order valence-electron chi connectivity index (χ2n) is 4.12. The molecule has 2 N–H and O–H groups in total. The summed E-state index contributed by atoms with van der Waals surface area (Å²) in [5.74, 6) is -0.892. The van der Waals surface area contributed by atoms with Crippen LogP contribution in [0.25, 0.3) is 0 Å². The third-order valence-corrected chi connectivity index (χ3v) is 3.27. The van der Waals surface area contributed by atoms with Crippen molar-refractivity contribution in [1.82, 2.24) is 4.90 Å². The Kier molecular flexibility index (Phi) is 2.04. The number of aliphatic hydroxyl groups is 1. The second-order valence-corrected chi connectivity index (χ2v) is 4.12. The molecule has 4 heteroatoms. The van der Waals surface area contributed by atoms with Crippen LogP contribution in [-0.2, 0) is 4.79 Å². The van der Waals surface area contributed by atoms with E-state index in [9.17, 15) is 9.90 Å². The molecule has 2 atom stereocenters. The topological polar surface area (TPSA) is 60.8 Å². The van der Waals surface area contributed by atoms with Gasteiger partial charge in [-0.3, -0.25) is 9.69 Å². The quantitative estimate of drug-likeness (QED) is 0.638. The zero-order chi connectivity index (χ0) is 9.47. The number of nitrogens with zero attached hydrogens (tertiary/aromatic N) is 1. The summed E-state index contributed by atoms with van der Waals surface area (Å²) in [6.45, 7) is 1.88. The fourth-order valence-corrected chi connectivity index (χ4v) is 2.67. The van der Waals surface area contributed by atoms with Gasteiger partial charge in [0.2, 0.25) is 0 Å². The summed E-state index contributed by atoms with van der Waals surface area (Å²) in [6.07, 6.45) is 2.55. The molecule has 0 saturated carbocycles. The van der Waals surface area contributed by atoms with Gasteiger partial charge in [-0.1, -0.05) is 0 Å². The van der Waals surface area contributed by atoms with E-state index in [-0.39, 0.29) is 12.5 Å². The number of carboxylic acids is 1. The van der Waals surface area contributed by atoms with E-state index in [0.717, 1.165) is 25.9 Å². The summed E-state index contributed by atoms with van der Waals surface area (Å²) in [5.41, 5.74) is -0.956. The molecule has 0 aromatic heterocycles. The van der Waals surface area contributed by atoms with E-state index in [0.29, 0.717) is 6.42 Å². The molecule has 0 aliphatic carbocycles. The fraction of sp³-hybridized carbons (Fsp3) is 0.889. The zero-order valence-electron chi connectivity index (χ0n) is 7.57. The van der Waals surface area contributed by atoms with Gasteiger partial charge in [0.25, 0.3) is 0 Å². The molecule has 13 heavy (non-hydrogen) atoms. The number of carboxylic acid groups (broad SMARTS) is 1. The Morgan fingerprint density at radius 3 is 3.00 bits per heavy atom. The highest BCUT2D eigenvalue weighted by Crippen LogP contribution is 2.37. The summed E-state index contributed by atoms with van der Waals surface area (Å²) in [7, 11) is 0. The van der Waals surface area contributed by atoms with Crippen LogP contribution in [0.1, 0.15) is 25.7 Å². The van der Waals surface area contributed by atoms with Crippen LogP contribution >= 0.6 is 0 Å². The Balaban J connectivity index is 2.09. The summed E-state index contributed by atoms with van der Waals surface area (Å²) in [5, 5.41) is 18.8. The van der Waals surface area contributed by atoms with Crippen molar-refractivity contribution < 1.29 is 15.0 Å². The maximum absolute atomic E-state index is 10.6. The van der Waals surface area contributed by atoms with Crippen LogP contribution in [0.2, 0.25) is 0 Å². The van der Waals surface area contributed by atoms with Crippen molar-refractivity contribution in [3.05, 3.63) is 0 Å². The van der Waals surface area contributed by atoms with Crippen LogP contribution in [0.5, 0.6) is 0 Å². The monoisotopic (exact) mass is 185 g/mol. The SMILES string of the molecule is O=C(O)CC1(O)CCN2CCCC21. The molecule has 0 spiro atoms. The fourth-order valence-electron chi connectivity index (χ4n) is 2.67. The largest absolute Gasteiger partial charge is 0.481 e. The lowest BCUT2D eigenvalue weighted by Crippen LogP contribution is -2.42. The molecule has 2 aliphatic rings. The van der Waals surface area contributed by atoms with Crippen LogP contribution in [0.3, 0.4) is 0 Å². The van der Waals surface area contributed by atoms with E-state index in [2.05, 4.69) is 4.90 Å². The first-order valence-electron chi connectivity index (χ1n) is 4.80. The predicted octanol–water partition coefficient (Wildman–Crippen LogP) is 0.0603. The van der Waals surface area contributed by atoms with Gasteiger partial charge in [-0.05, 0) is 25.8 Å². The average Bonchev–Trinajstić information content (AvgIpc) is 2.54. The minimum absolute atomic E-state index is 0.101. The van der Waals surface area contributed by atoms with Gasteiger partial charge in [0.15, 0.2) is 0 Å². The maximum Gasteiger partial charge on any atom is 0.306 e. The normalized spacial score (nSPS) is 39.3. The molecule has 0 amide bonds. The average molecular weight is 185 g/mol. The molecule has 0 aromatic rings. The van der Waals surface area contributed by atoms with E-state index < -0.39 is 11.6 Å². The molecular weight excluding hydrogens is 170 g/mol. The van der Waals surface area contributed by atoms with Gasteiger partial charge < -0.3 is 10.2 Å². The van der Waals surface area contributed by atoms with Crippen LogP contribution in [0.4, 0.5) is 0 Å². The predicted molar refractivity (Wildman–Crippen MR) is 46.4 cm³/mol. The first kappa shape index (κ1) is 8.97. The van der Waals surface area contributed by atoms with E-state index in [4.69, 9.17) is 5.11 Å². The minimum Gasteiger partial charge on any atom is -0.481 e. The van der Waals surface area contributed by atoms with Crippen molar-refractivity contribution in [2.75, 3.05) is 13.1 Å². The number of hydrogen-bond acceptors (Lipinski definition) is 3. The highest BCUT2D eigenvalue weighted by Gasteiger charge is 2.48. The van der Waals surface area contributed by atoms with Crippen molar-refractivity contribution in [3.63, 3.8) is 0 Å². The second kappa shape index (κ2) is 2.96. The van der Waals surface area contributed by atoms with Gasteiger partial charge in [0, 0.05) is 12.6 Å². The molecule has 0 bridgehead atoms. The Morgan fingerprint density at radius 2 is 2.31 bits per heavy atom. The molecule has 2 heterocycles. The van der Waals surface area contributed by atoms with Gasteiger partial charge in [0.1, 0.15) is 0 Å². The highest BCUT2D eigenvalue weighted by atomic mass is 16.4. The molecule has 2 rings (SSSR count). The van der Waals surface area contributed by atoms with Crippen molar-refractivity contribution in [3.8, 4) is 0 Å². The van der Waals surface area contributed by atoms with E-state index in [1.54, 1.807) is 0 Å². The van der Waals surface area contributed by atoms with Gasteiger partial charge in [-0.2, -0.15) is 0 Å². The maximum atomic E-state index is 10.6. The van der Waals surface area contributed by atoms with Gasteiger partial charge in [-0.25, -0.2) is 0 Å². The van der Waals surface area contributed by atoms with Gasteiger partial charge in [-0.15, -0.1) is 0 Å². The van der Waals surface area contributed by atoms with Crippen molar-refractivity contribution in [1.29, 1.82) is 0 Å². The number of hydrogen-bond donors (Lipinski definition) is 2. The van der Waals surface area contributed by atoms with Crippen molar-refractivity contribution in [2.24, 2.45) is 0 Å². The zero-order valence-corrected chi connectivity index (χ0v) is 7.57. The van der Waals surface area contributed by atoms with Crippen molar-refractivity contribution in [2.45, 2.75) is 37.3 Å². The lowest BCUT2D eigenvalue weighted by atomic mass is 9.89. The first-order valence-corrected chi connectivity index (χ1v) is 4.80. The Bertz CT molecular complexity index is 231. The standard InChI is InChI=1S/C9H15NO3/c11-8(12)6-9(13)3-5-10-4-1-2-7(9)10/h7,13H,1-6H2,(H,11,12). The van der Waals surface area contributed by atoms with E-state index >= 15 is 0 Å². The number of carbonyl (C=O) groups is 1. The number of fused-ring (bicyclic) bond motifs is 1. The highest BCUT2D eigenvalue weighted by molar-refractivity contribution is 5.68. The Hall–Kier alpha value is -0.610. The smallest absolute Gasteiger partial charge is 0.306 e. The third kappa shape index (κ3) is 1.44. The van der Waals surface area contributed by atoms with Crippen LogP contribution in [-0.4, -0.2) is 45.8 Å². The van der Waals surface area contributed by atoms with Crippen LogP contribution in [0, 0.1) is 0 Å². The van der Waals surface area contributed by atoms with Gasteiger partial charge >= 0.3 is 5.97 Å². The summed E-state index contributed by atoms with van der Waals surface area (Å²) in [4.78, 5) is 12.8.